The Morgan fingerprint density at radius 3 is 2.29 bits per heavy atom. The molecule has 0 aromatic heterocycles. The summed E-state index contributed by atoms with van der Waals surface area (Å²) in [6.45, 7) is 4.28. The first kappa shape index (κ1) is 17.8. The number of halogens is 1. The van der Waals surface area contributed by atoms with Crippen molar-refractivity contribution in [2.75, 3.05) is 0 Å². The second kappa shape index (κ2) is 7.45. The summed E-state index contributed by atoms with van der Waals surface area (Å²) in [7, 11) is 0. The van der Waals surface area contributed by atoms with E-state index < -0.39 is 0 Å². The maximum absolute atomic E-state index is 12.8. The summed E-state index contributed by atoms with van der Waals surface area (Å²) in [6, 6.07) is 9.18. The van der Waals surface area contributed by atoms with Gasteiger partial charge < -0.3 is 10.6 Å². The SMILES string of the molecule is CCC(CC)(NC(=O)CC1CC2CCC(C1)N2)c1ccc(Cl)cc1. The van der Waals surface area contributed by atoms with Gasteiger partial charge in [0.2, 0.25) is 5.91 Å². The largest absolute Gasteiger partial charge is 0.347 e. The average Bonchev–Trinajstić information content (AvgIpc) is 2.92. The van der Waals surface area contributed by atoms with E-state index in [-0.39, 0.29) is 11.4 Å². The number of hydrogen-bond donors (Lipinski definition) is 2. The first-order chi connectivity index (χ1) is 11.5. The molecule has 0 saturated carbocycles. The molecule has 2 saturated heterocycles. The number of amides is 1. The molecule has 4 heteroatoms. The van der Waals surface area contributed by atoms with Gasteiger partial charge in [0.15, 0.2) is 0 Å². The van der Waals surface area contributed by atoms with E-state index in [0.29, 0.717) is 24.4 Å². The van der Waals surface area contributed by atoms with E-state index in [1.54, 1.807) is 0 Å². The number of carbonyl (C=O) groups excluding carboxylic acids is 1. The minimum atomic E-state index is -0.284. The molecule has 24 heavy (non-hydrogen) atoms. The van der Waals surface area contributed by atoms with E-state index in [9.17, 15) is 4.79 Å². The second-order valence-electron chi connectivity index (χ2n) is 7.52. The van der Waals surface area contributed by atoms with Crippen LogP contribution in [-0.2, 0) is 10.3 Å². The van der Waals surface area contributed by atoms with Crippen molar-refractivity contribution >= 4 is 17.5 Å². The maximum atomic E-state index is 12.8. The number of carbonyl (C=O) groups is 1. The van der Waals surface area contributed by atoms with Gasteiger partial charge in [-0.2, -0.15) is 0 Å². The summed E-state index contributed by atoms with van der Waals surface area (Å²) in [6.07, 6.45) is 7.28. The summed E-state index contributed by atoms with van der Waals surface area (Å²) < 4.78 is 0. The van der Waals surface area contributed by atoms with Crippen LogP contribution in [-0.4, -0.2) is 18.0 Å². The Morgan fingerprint density at radius 1 is 1.17 bits per heavy atom. The van der Waals surface area contributed by atoms with Crippen molar-refractivity contribution in [1.29, 1.82) is 0 Å². The van der Waals surface area contributed by atoms with E-state index in [1.807, 2.05) is 24.3 Å². The summed E-state index contributed by atoms with van der Waals surface area (Å²) in [5, 5.41) is 7.74. The maximum Gasteiger partial charge on any atom is 0.220 e. The highest BCUT2D eigenvalue weighted by Gasteiger charge is 2.36. The van der Waals surface area contributed by atoms with Crippen LogP contribution in [0.3, 0.4) is 0 Å². The van der Waals surface area contributed by atoms with Crippen molar-refractivity contribution in [3.05, 3.63) is 34.9 Å². The van der Waals surface area contributed by atoms with Crippen molar-refractivity contribution in [1.82, 2.24) is 10.6 Å². The van der Waals surface area contributed by atoms with Crippen LogP contribution in [0.1, 0.15) is 64.4 Å². The van der Waals surface area contributed by atoms with Crippen LogP contribution < -0.4 is 10.6 Å². The van der Waals surface area contributed by atoms with Gasteiger partial charge in [0.05, 0.1) is 5.54 Å². The molecule has 2 heterocycles. The zero-order valence-electron chi connectivity index (χ0n) is 14.8. The monoisotopic (exact) mass is 348 g/mol. The molecule has 2 unspecified atom stereocenters. The molecular formula is C20H29ClN2O. The number of rotatable bonds is 6. The predicted molar refractivity (Wildman–Crippen MR) is 99.1 cm³/mol. The minimum absolute atomic E-state index is 0.194. The van der Waals surface area contributed by atoms with Crippen molar-refractivity contribution in [2.24, 2.45) is 5.92 Å². The number of piperidine rings is 1. The third-order valence-corrected chi connectivity index (χ3v) is 6.28. The lowest BCUT2D eigenvalue weighted by Gasteiger charge is -2.35. The van der Waals surface area contributed by atoms with Crippen LogP contribution in [0.5, 0.6) is 0 Å². The molecule has 2 fully saturated rings. The third-order valence-electron chi connectivity index (χ3n) is 6.03. The van der Waals surface area contributed by atoms with Gasteiger partial charge in [-0.3, -0.25) is 4.79 Å². The number of nitrogens with one attached hydrogen (secondary N) is 2. The normalized spacial score (nSPS) is 26.4. The highest BCUT2D eigenvalue weighted by Crippen LogP contribution is 2.34. The number of benzene rings is 1. The lowest BCUT2D eigenvalue weighted by Crippen LogP contribution is -2.46. The zero-order valence-corrected chi connectivity index (χ0v) is 15.5. The fraction of sp³-hybridized carbons (Fsp3) is 0.650. The van der Waals surface area contributed by atoms with Gasteiger partial charge in [-0.15, -0.1) is 0 Å². The van der Waals surface area contributed by atoms with Crippen LogP contribution >= 0.6 is 11.6 Å². The number of fused-ring (bicyclic) bond motifs is 2. The highest BCUT2D eigenvalue weighted by molar-refractivity contribution is 6.30. The fourth-order valence-electron chi connectivity index (χ4n) is 4.60. The van der Waals surface area contributed by atoms with Crippen LogP contribution in [0, 0.1) is 5.92 Å². The number of hydrogen-bond acceptors (Lipinski definition) is 2. The summed E-state index contributed by atoms with van der Waals surface area (Å²) in [5.41, 5.74) is 0.865. The topological polar surface area (TPSA) is 41.1 Å². The van der Waals surface area contributed by atoms with Crippen molar-refractivity contribution in [3.8, 4) is 0 Å². The predicted octanol–water partition coefficient (Wildman–Crippen LogP) is 4.39. The van der Waals surface area contributed by atoms with Gasteiger partial charge in [0.25, 0.3) is 0 Å². The molecule has 132 valence electrons. The van der Waals surface area contributed by atoms with Gasteiger partial charge >= 0.3 is 0 Å². The Balaban J connectivity index is 1.66. The lowest BCUT2D eigenvalue weighted by atomic mass is 9.83. The first-order valence-electron chi connectivity index (χ1n) is 9.37. The fourth-order valence-corrected chi connectivity index (χ4v) is 4.72. The van der Waals surface area contributed by atoms with E-state index in [2.05, 4.69) is 24.5 Å². The molecule has 1 aromatic rings. The molecule has 2 aliphatic heterocycles. The average molecular weight is 349 g/mol. The molecular weight excluding hydrogens is 320 g/mol. The van der Waals surface area contributed by atoms with E-state index in [0.717, 1.165) is 36.3 Å². The Hall–Kier alpha value is -1.06. The Kier molecular flexibility index (Phi) is 5.51. The van der Waals surface area contributed by atoms with Gasteiger partial charge in [0.1, 0.15) is 0 Å². The zero-order chi connectivity index (χ0) is 17.2. The molecule has 1 aromatic carbocycles. The smallest absolute Gasteiger partial charge is 0.220 e. The van der Waals surface area contributed by atoms with E-state index in [1.165, 1.54) is 12.8 Å². The summed E-state index contributed by atoms with van der Waals surface area (Å²) in [5.74, 6) is 0.723. The van der Waals surface area contributed by atoms with Gasteiger partial charge in [-0.05, 0) is 62.1 Å². The first-order valence-corrected chi connectivity index (χ1v) is 9.75. The molecule has 2 bridgehead atoms. The van der Waals surface area contributed by atoms with E-state index in [4.69, 9.17) is 11.6 Å². The summed E-state index contributed by atoms with van der Waals surface area (Å²) >= 11 is 6.02. The van der Waals surface area contributed by atoms with Crippen molar-refractivity contribution in [3.63, 3.8) is 0 Å². The van der Waals surface area contributed by atoms with E-state index >= 15 is 0 Å². The van der Waals surface area contributed by atoms with Gasteiger partial charge in [-0.1, -0.05) is 37.6 Å². The van der Waals surface area contributed by atoms with Gasteiger partial charge in [0, 0.05) is 23.5 Å². The second-order valence-corrected chi connectivity index (χ2v) is 7.96. The van der Waals surface area contributed by atoms with Gasteiger partial charge in [-0.25, -0.2) is 0 Å². The van der Waals surface area contributed by atoms with Crippen molar-refractivity contribution < 1.29 is 4.79 Å². The molecule has 0 aliphatic carbocycles. The quantitative estimate of drug-likeness (QED) is 0.800. The summed E-state index contributed by atoms with van der Waals surface area (Å²) in [4.78, 5) is 12.8. The molecule has 0 spiro atoms. The Morgan fingerprint density at radius 2 is 1.75 bits per heavy atom. The highest BCUT2D eigenvalue weighted by atomic mass is 35.5. The molecule has 2 atom stereocenters. The van der Waals surface area contributed by atoms with Crippen LogP contribution in [0.4, 0.5) is 0 Å². The molecule has 2 N–H and O–H groups in total. The van der Waals surface area contributed by atoms with Crippen LogP contribution in [0.15, 0.2) is 24.3 Å². The van der Waals surface area contributed by atoms with Crippen molar-refractivity contribution in [2.45, 2.75) is 76.4 Å². The minimum Gasteiger partial charge on any atom is -0.347 e. The van der Waals surface area contributed by atoms with Crippen LogP contribution in [0.2, 0.25) is 5.02 Å². The Bertz CT molecular complexity index is 556. The lowest BCUT2D eigenvalue weighted by molar-refractivity contribution is -0.124. The third kappa shape index (κ3) is 3.78. The Labute approximate surface area is 150 Å². The standard InChI is InChI=1S/C20H29ClN2O/c1-3-20(4-2,15-5-7-16(21)8-6-15)23-19(24)13-14-11-17-9-10-18(12-14)22-17/h5-8,14,17-18,22H,3-4,9-13H2,1-2H3,(H,23,24). The molecule has 1 amide bonds. The van der Waals surface area contributed by atoms with Crippen LogP contribution in [0.25, 0.3) is 0 Å². The molecule has 3 rings (SSSR count). The molecule has 3 nitrogen and oxygen atoms in total. The molecule has 2 aliphatic rings. The molecule has 0 radical (unpaired) electrons.